The highest BCUT2D eigenvalue weighted by molar-refractivity contribution is 5.79. The van der Waals surface area contributed by atoms with E-state index in [1.165, 1.54) is 92.9 Å². The lowest BCUT2D eigenvalue weighted by Gasteiger charge is -2.44. The van der Waals surface area contributed by atoms with Crippen molar-refractivity contribution in [3.63, 3.8) is 0 Å². The van der Waals surface area contributed by atoms with Crippen LogP contribution in [0.4, 0.5) is 4.79 Å². The Bertz CT molecular complexity index is 1030. The molecule has 0 saturated carbocycles. The van der Waals surface area contributed by atoms with Crippen molar-refractivity contribution >= 4 is 6.09 Å². The van der Waals surface area contributed by atoms with Crippen LogP contribution in [0.1, 0.15) is 114 Å². The van der Waals surface area contributed by atoms with Crippen LogP contribution in [0.15, 0.2) is 60.2 Å². The Morgan fingerprint density at radius 3 is 2.11 bits per heavy atom. The summed E-state index contributed by atoms with van der Waals surface area (Å²) in [4.78, 5) is 15.5. The Balaban J connectivity index is 1.12. The molecule has 0 aromatic heterocycles. The van der Waals surface area contributed by atoms with E-state index in [-0.39, 0.29) is 18.1 Å². The summed E-state index contributed by atoms with van der Waals surface area (Å²) in [6, 6.07) is 17.6. The molecule has 3 aliphatic rings. The van der Waals surface area contributed by atoms with Crippen LogP contribution in [0, 0.1) is 0 Å². The number of amides is 1. The molecule has 5 rings (SSSR count). The lowest BCUT2D eigenvalue weighted by molar-refractivity contribution is 0.0507. The highest BCUT2D eigenvalue weighted by Gasteiger charge is 2.38. The zero-order valence-electron chi connectivity index (χ0n) is 22.8. The first-order valence-electron chi connectivity index (χ1n) is 15.1. The molecule has 2 heterocycles. The fraction of sp³-hybridized carbons (Fsp3) is 0.559. The molecule has 0 N–H and O–H groups in total. The molecular formula is C34H45NO2. The van der Waals surface area contributed by atoms with Gasteiger partial charge in [0.05, 0.1) is 6.04 Å². The molecule has 2 aromatic rings. The monoisotopic (exact) mass is 499 g/mol. The van der Waals surface area contributed by atoms with Crippen LogP contribution in [0.2, 0.25) is 0 Å². The largest absolute Gasteiger partial charge is 0.448 e. The maximum absolute atomic E-state index is 13.4. The quantitative estimate of drug-likeness (QED) is 0.215. The highest BCUT2D eigenvalue weighted by atomic mass is 16.6. The van der Waals surface area contributed by atoms with Gasteiger partial charge in [0, 0.05) is 12.0 Å². The van der Waals surface area contributed by atoms with Gasteiger partial charge in [-0.05, 0) is 60.8 Å². The van der Waals surface area contributed by atoms with E-state index < -0.39 is 0 Å². The van der Waals surface area contributed by atoms with Crippen molar-refractivity contribution in [2.45, 2.75) is 115 Å². The van der Waals surface area contributed by atoms with Gasteiger partial charge in [-0.3, -0.25) is 4.90 Å². The number of carbonyl (C=O) groups is 1. The average molecular weight is 500 g/mol. The van der Waals surface area contributed by atoms with Crippen molar-refractivity contribution in [2.75, 3.05) is 6.61 Å². The minimum absolute atomic E-state index is 0.116. The van der Waals surface area contributed by atoms with Gasteiger partial charge in [-0.1, -0.05) is 118 Å². The van der Waals surface area contributed by atoms with Crippen LogP contribution in [-0.2, 0) is 4.74 Å². The van der Waals surface area contributed by atoms with E-state index in [1.54, 1.807) is 5.57 Å². The number of ether oxygens (including phenoxy) is 1. The first-order valence-corrected chi connectivity index (χ1v) is 15.1. The van der Waals surface area contributed by atoms with Gasteiger partial charge in [-0.2, -0.15) is 0 Å². The Hall–Kier alpha value is -2.55. The number of piperidine rings is 1. The SMILES string of the molecule is CCCCCCCCCCCC1=CC2CCCC(C1)N2C(=O)OCC1c2ccccc2-c2ccccc21. The summed E-state index contributed by atoms with van der Waals surface area (Å²) in [5, 5.41) is 0. The molecule has 2 unspecified atom stereocenters. The minimum Gasteiger partial charge on any atom is -0.448 e. The second kappa shape index (κ2) is 12.8. The summed E-state index contributed by atoms with van der Waals surface area (Å²) < 4.78 is 6.07. The van der Waals surface area contributed by atoms with Crippen molar-refractivity contribution in [1.29, 1.82) is 0 Å². The molecule has 37 heavy (non-hydrogen) atoms. The van der Waals surface area contributed by atoms with Gasteiger partial charge in [0.1, 0.15) is 6.61 Å². The first kappa shape index (κ1) is 26.1. The molecule has 0 spiro atoms. The molecule has 1 aliphatic carbocycles. The second-order valence-corrected chi connectivity index (χ2v) is 11.5. The summed E-state index contributed by atoms with van der Waals surface area (Å²) in [6.07, 6.45) is 20.3. The van der Waals surface area contributed by atoms with Crippen LogP contribution in [-0.4, -0.2) is 29.7 Å². The predicted molar refractivity (Wildman–Crippen MR) is 153 cm³/mol. The van der Waals surface area contributed by atoms with Crippen molar-refractivity contribution < 1.29 is 9.53 Å². The van der Waals surface area contributed by atoms with Gasteiger partial charge in [0.2, 0.25) is 0 Å². The van der Waals surface area contributed by atoms with E-state index in [9.17, 15) is 4.79 Å². The second-order valence-electron chi connectivity index (χ2n) is 11.5. The number of fused-ring (bicyclic) bond motifs is 5. The van der Waals surface area contributed by atoms with Crippen molar-refractivity contribution in [3.05, 3.63) is 71.3 Å². The average Bonchev–Trinajstić information content (AvgIpc) is 3.24. The van der Waals surface area contributed by atoms with Gasteiger partial charge in [0.25, 0.3) is 0 Å². The third kappa shape index (κ3) is 6.13. The zero-order valence-corrected chi connectivity index (χ0v) is 22.8. The van der Waals surface area contributed by atoms with E-state index in [2.05, 4.69) is 66.4 Å². The van der Waals surface area contributed by atoms with Gasteiger partial charge >= 0.3 is 6.09 Å². The van der Waals surface area contributed by atoms with Gasteiger partial charge in [0.15, 0.2) is 0 Å². The number of rotatable bonds is 12. The minimum atomic E-state index is -0.116. The van der Waals surface area contributed by atoms with Gasteiger partial charge in [-0.25, -0.2) is 4.79 Å². The summed E-state index contributed by atoms with van der Waals surface area (Å²) >= 11 is 0. The highest BCUT2D eigenvalue weighted by Crippen LogP contribution is 2.45. The molecule has 3 nitrogen and oxygen atoms in total. The molecule has 1 saturated heterocycles. The Kier molecular flexibility index (Phi) is 9.02. The normalized spacial score (nSPS) is 20.4. The predicted octanol–water partition coefficient (Wildman–Crippen LogP) is 9.41. The Labute approximate surface area is 224 Å². The third-order valence-electron chi connectivity index (χ3n) is 8.86. The molecule has 1 fully saturated rings. The molecular weight excluding hydrogens is 454 g/mol. The molecule has 0 radical (unpaired) electrons. The van der Waals surface area contributed by atoms with Crippen LogP contribution in [0.25, 0.3) is 11.1 Å². The van der Waals surface area contributed by atoms with Crippen molar-refractivity contribution in [3.8, 4) is 11.1 Å². The number of carbonyl (C=O) groups excluding carboxylic acids is 1. The summed E-state index contributed by atoms with van der Waals surface area (Å²) in [5.74, 6) is 0.124. The molecule has 2 bridgehead atoms. The number of nitrogens with zero attached hydrogens (tertiary/aromatic N) is 1. The standard InChI is InChI=1S/C34H45NO2/c1-2-3-4-5-6-7-8-9-10-16-26-23-27-17-15-18-28(24-26)35(27)34(36)37-25-33-31-21-13-11-19-29(31)30-20-12-14-22-32(30)33/h11-14,19-23,27-28,33H,2-10,15-18,24-25H2,1H3. The number of benzene rings is 2. The lowest BCUT2D eigenvalue weighted by atomic mass is 9.84. The summed E-state index contributed by atoms with van der Waals surface area (Å²) in [7, 11) is 0. The van der Waals surface area contributed by atoms with Crippen LogP contribution < -0.4 is 0 Å². The topological polar surface area (TPSA) is 29.5 Å². The molecule has 2 aromatic carbocycles. The molecule has 1 amide bonds. The first-order chi connectivity index (χ1) is 18.3. The maximum atomic E-state index is 13.4. The van der Waals surface area contributed by atoms with E-state index >= 15 is 0 Å². The Morgan fingerprint density at radius 1 is 0.838 bits per heavy atom. The maximum Gasteiger partial charge on any atom is 0.410 e. The third-order valence-corrected chi connectivity index (χ3v) is 8.86. The Morgan fingerprint density at radius 2 is 1.46 bits per heavy atom. The van der Waals surface area contributed by atoms with Gasteiger partial charge < -0.3 is 4.74 Å². The van der Waals surface area contributed by atoms with Crippen LogP contribution in [0.3, 0.4) is 0 Å². The van der Waals surface area contributed by atoms with Crippen LogP contribution in [0.5, 0.6) is 0 Å². The van der Waals surface area contributed by atoms with Gasteiger partial charge in [-0.15, -0.1) is 0 Å². The zero-order chi connectivity index (χ0) is 25.5. The number of unbranched alkanes of at least 4 members (excludes halogenated alkanes) is 8. The molecule has 3 heteroatoms. The fourth-order valence-electron chi connectivity index (χ4n) is 6.92. The van der Waals surface area contributed by atoms with Crippen LogP contribution >= 0.6 is 0 Å². The molecule has 2 atom stereocenters. The summed E-state index contributed by atoms with van der Waals surface area (Å²) in [6.45, 7) is 2.70. The number of hydrogen-bond donors (Lipinski definition) is 0. The van der Waals surface area contributed by atoms with E-state index in [0.29, 0.717) is 12.6 Å². The summed E-state index contributed by atoms with van der Waals surface area (Å²) in [5.41, 5.74) is 6.69. The smallest absolute Gasteiger partial charge is 0.410 e. The molecule has 198 valence electrons. The van der Waals surface area contributed by atoms with Crippen molar-refractivity contribution in [1.82, 2.24) is 4.90 Å². The fourth-order valence-corrected chi connectivity index (χ4v) is 6.92. The van der Waals surface area contributed by atoms with E-state index in [1.807, 2.05) is 0 Å². The van der Waals surface area contributed by atoms with E-state index in [0.717, 1.165) is 19.3 Å². The lowest BCUT2D eigenvalue weighted by Crippen LogP contribution is -2.52. The van der Waals surface area contributed by atoms with Crippen molar-refractivity contribution in [2.24, 2.45) is 0 Å². The molecule has 2 aliphatic heterocycles. The number of hydrogen-bond acceptors (Lipinski definition) is 2. The van der Waals surface area contributed by atoms with E-state index in [4.69, 9.17) is 4.74 Å².